The van der Waals surface area contributed by atoms with Crippen molar-refractivity contribution in [1.82, 2.24) is 10.4 Å². The summed E-state index contributed by atoms with van der Waals surface area (Å²) in [7, 11) is 0. The summed E-state index contributed by atoms with van der Waals surface area (Å²) in [5.74, 6) is 6.54. The van der Waals surface area contributed by atoms with Gasteiger partial charge >= 0.3 is 0 Å². The van der Waals surface area contributed by atoms with Crippen LogP contribution in [0.3, 0.4) is 0 Å². The molecule has 1 heterocycles. The molecule has 19 heavy (non-hydrogen) atoms. The molecule has 1 atom stereocenters. The number of aromatic nitrogens is 1. The number of thiazole rings is 1. The molecule has 3 N–H and O–H groups in total. The number of nitrogens with zero attached hydrogens (tertiary/aromatic N) is 1. The highest BCUT2D eigenvalue weighted by Crippen LogP contribution is 2.23. The summed E-state index contributed by atoms with van der Waals surface area (Å²) in [4.78, 5) is 4.47. The zero-order valence-electron chi connectivity index (χ0n) is 11.2. The van der Waals surface area contributed by atoms with Crippen LogP contribution in [0.2, 0.25) is 0 Å². The van der Waals surface area contributed by atoms with Gasteiger partial charge in [-0.1, -0.05) is 12.1 Å². The van der Waals surface area contributed by atoms with E-state index in [-0.39, 0.29) is 6.04 Å². The SMILES string of the molecule is CCOc1cccc(C(Cc2nc(C)cs2)NN)c1. The first-order valence-electron chi connectivity index (χ1n) is 6.32. The Morgan fingerprint density at radius 2 is 2.32 bits per heavy atom. The van der Waals surface area contributed by atoms with Crippen LogP contribution in [0.5, 0.6) is 5.75 Å². The molecular weight excluding hydrogens is 258 g/mol. The first kappa shape index (κ1) is 14.0. The van der Waals surface area contributed by atoms with E-state index in [1.165, 1.54) is 0 Å². The maximum Gasteiger partial charge on any atom is 0.119 e. The average molecular weight is 277 g/mol. The monoisotopic (exact) mass is 277 g/mol. The number of aryl methyl sites for hydroxylation is 1. The molecule has 0 amide bonds. The van der Waals surface area contributed by atoms with E-state index in [4.69, 9.17) is 10.6 Å². The lowest BCUT2D eigenvalue weighted by molar-refractivity contribution is 0.339. The summed E-state index contributed by atoms with van der Waals surface area (Å²) < 4.78 is 5.51. The molecular formula is C14H19N3OS. The zero-order chi connectivity index (χ0) is 13.7. The Balaban J connectivity index is 2.14. The Hall–Kier alpha value is -1.43. The summed E-state index contributed by atoms with van der Waals surface area (Å²) >= 11 is 1.66. The highest BCUT2D eigenvalue weighted by Gasteiger charge is 2.13. The second-order valence-electron chi connectivity index (χ2n) is 4.31. The highest BCUT2D eigenvalue weighted by molar-refractivity contribution is 7.09. The van der Waals surface area contributed by atoms with Gasteiger partial charge in [0.05, 0.1) is 17.7 Å². The third-order valence-electron chi connectivity index (χ3n) is 2.82. The van der Waals surface area contributed by atoms with Crippen LogP contribution in [0.15, 0.2) is 29.6 Å². The van der Waals surface area contributed by atoms with E-state index < -0.39 is 0 Å². The molecule has 0 fully saturated rings. The average Bonchev–Trinajstić information content (AvgIpc) is 2.82. The molecule has 0 radical (unpaired) electrons. The van der Waals surface area contributed by atoms with Gasteiger partial charge in [-0.15, -0.1) is 11.3 Å². The Labute approximate surface area is 117 Å². The number of hydrazine groups is 1. The fraction of sp³-hybridized carbons (Fsp3) is 0.357. The van der Waals surface area contributed by atoms with E-state index in [2.05, 4.69) is 15.8 Å². The largest absolute Gasteiger partial charge is 0.494 e. The molecule has 102 valence electrons. The molecule has 0 aliphatic carbocycles. The second-order valence-corrected chi connectivity index (χ2v) is 5.25. The van der Waals surface area contributed by atoms with Gasteiger partial charge in [-0.05, 0) is 31.5 Å². The van der Waals surface area contributed by atoms with Gasteiger partial charge in [-0.3, -0.25) is 11.3 Å². The third kappa shape index (κ3) is 3.76. The van der Waals surface area contributed by atoms with Crippen LogP contribution in [-0.2, 0) is 6.42 Å². The first-order valence-corrected chi connectivity index (χ1v) is 7.20. The molecule has 1 aromatic heterocycles. The molecule has 0 saturated carbocycles. The van der Waals surface area contributed by atoms with Crippen molar-refractivity contribution in [3.05, 3.63) is 45.9 Å². The zero-order valence-corrected chi connectivity index (χ0v) is 12.0. The molecule has 5 heteroatoms. The van der Waals surface area contributed by atoms with Crippen molar-refractivity contribution in [2.75, 3.05) is 6.61 Å². The lowest BCUT2D eigenvalue weighted by Gasteiger charge is -2.16. The van der Waals surface area contributed by atoms with Crippen LogP contribution >= 0.6 is 11.3 Å². The minimum Gasteiger partial charge on any atom is -0.494 e. The minimum absolute atomic E-state index is 0.0472. The standard InChI is InChI=1S/C14H19N3OS/c1-3-18-12-6-4-5-11(7-12)13(17-15)8-14-16-10(2)9-19-14/h4-7,9,13,17H,3,8,15H2,1-2H3. The van der Waals surface area contributed by atoms with Gasteiger partial charge in [0.15, 0.2) is 0 Å². The molecule has 2 rings (SSSR count). The quantitative estimate of drug-likeness (QED) is 0.629. The van der Waals surface area contributed by atoms with Crippen LogP contribution in [0.25, 0.3) is 0 Å². The maximum absolute atomic E-state index is 5.67. The van der Waals surface area contributed by atoms with Crippen LogP contribution < -0.4 is 16.0 Å². The first-order chi connectivity index (χ1) is 9.22. The molecule has 1 aromatic carbocycles. The van der Waals surface area contributed by atoms with Gasteiger partial charge in [-0.25, -0.2) is 4.98 Å². The number of ether oxygens (including phenoxy) is 1. The number of benzene rings is 1. The van der Waals surface area contributed by atoms with Gasteiger partial charge in [-0.2, -0.15) is 0 Å². The second kappa shape index (κ2) is 6.65. The molecule has 0 aliphatic rings. The fourth-order valence-corrected chi connectivity index (χ4v) is 2.75. The molecule has 2 aromatic rings. The van der Waals surface area contributed by atoms with Crippen molar-refractivity contribution in [3.63, 3.8) is 0 Å². The minimum atomic E-state index is 0.0472. The molecule has 0 aliphatic heterocycles. The highest BCUT2D eigenvalue weighted by atomic mass is 32.1. The van der Waals surface area contributed by atoms with E-state index in [1.54, 1.807) is 11.3 Å². The molecule has 0 spiro atoms. The Morgan fingerprint density at radius 3 is 2.95 bits per heavy atom. The third-order valence-corrected chi connectivity index (χ3v) is 3.81. The topological polar surface area (TPSA) is 60.2 Å². The number of nitrogens with two attached hydrogens (primary N) is 1. The predicted octanol–water partition coefficient (Wildman–Crippen LogP) is 2.60. The summed E-state index contributed by atoms with van der Waals surface area (Å²) in [5, 5.41) is 3.14. The van der Waals surface area contributed by atoms with E-state index in [1.807, 2.05) is 38.1 Å². The summed E-state index contributed by atoms with van der Waals surface area (Å²) in [6, 6.07) is 8.06. The van der Waals surface area contributed by atoms with E-state index in [0.29, 0.717) is 6.61 Å². The summed E-state index contributed by atoms with van der Waals surface area (Å²) in [6.07, 6.45) is 0.782. The van der Waals surface area contributed by atoms with Crippen LogP contribution in [0, 0.1) is 6.92 Å². The molecule has 4 nitrogen and oxygen atoms in total. The van der Waals surface area contributed by atoms with Crippen LogP contribution in [0.4, 0.5) is 0 Å². The summed E-state index contributed by atoms with van der Waals surface area (Å²) in [6.45, 7) is 4.64. The lowest BCUT2D eigenvalue weighted by Crippen LogP contribution is -2.29. The Morgan fingerprint density at radius 1 is 1.47 bits per heavy atom. The smallest absolute Gasteiger partial charge is 0.119 e. The van der Waals surface area contributed by atoms with Gasteiger partial charge in [0.2, 0.25) is 0 Å². The van der Waals surface area contributed by atoms with Gasteiger partial charge in [0.1, 0.15) is 5.75 Å². The number of rotatable bonds is 6. The van der Waals surface area contributed by atoms with Crippen molar-refractivity contribution < 1.29 is 4.74 Å². The number of hydrogen-bond acceptors (Lipinski definition) is 5. The van der Waals surface area contributed by atoms with Gasteiger partial charge in [0, 0.05) is 17.5 Å². The van der Waals surface area contributed by atoms with E-state index >= 15 is 0 Å². The Bertz CT molecular complexity index is 527. The van der Waals surface area contributed by atoms with Gasteiger partial charge in [0.25, 0.3) is 0 Å². The van der Waals surface area contributed by atoms with Crippen molar-refractivity contribution in [1.29, 1.82) is 0 Å². The fourth-order valence-electron chi connectivity index (χ4n) is 1.93. The molecule has 0 bridgehead atoms. The van der Waals surface area contributed by atoms with Crippen LogP contribution in [0.1, 0.15) is 29.2 Å². The van der Waals surface area contributed by atoms with Gasteiger partial charge < -0.3 is 4.74 Å². The summed E-state index contributed by atoms with van der Waals surface area (Å²) in [5.41, 5.74) is 5.02. The Kier molecular flexibility index (Phi) is 4.90. The van der Waals surface area contributed by atoms with E-state index in [9.17, 15) is 0 Å². The molecule has 0 saturated heterocycles. The number of nitrogens with one attached hydrogen (secondary N) is 1. The lowest BCUT2D eigenvalue weighted by atomic mass is 10.0. The maximum atomic E-state index is 5.67. The number of hydrogen-bond donors (Lipinski definition) is 2. The predicted molar refractivity (Wildman–Crippen MR) is 78.2 cm³/mol. The van der Waals surface area contributed by atoms with Crippen molar-refractivity contribution in [3.8, 4) is 5.75 Å². The van der Waals surface area contributed by atoms with E-state index in [0.717, 1.165) is 28.4 Å². The molecule has 1 unspecified atom stereocenters. The van der Waals surface area contributed by atoms with Crippen molar-refractivity contribution in [2.45, 2.75) is 26.3 Å². The normalized spacial score (nSPS) is 12.4. The van der Waals surface area contributed by atoms with Crippen LogP contribution in [-0.4, -0.2) is 11.6 Å². The van der Waals surface area contributed by atoms with Crippen molar-refractivity contribution >= 4 is 11.3 Å². The van der Waals surface area contributed by atoms with Crippen molar-refractivity contribution in [2.24, 2.45) is 5.84 Å².